The molecule has 1 saturated heterocycles. The van der Waals surface area contributed by atoms with Crippen molar-refractivity contribution in [1.82, 2.24) is 5.43 Å². The van der Waals surface area contributed by atoms with Gasteiger partial charge in [-0.25, -0.2) is 13.8 Å². The number of nitrogens with one attached hydrogen (secondary N) is 1. The van der Waals surface area contributed by atoms with Crippen LogP contribution in [0.2, 0.25) is 0 Å². The Kier molecular flexibility index (Phi) is 3.80. The lowest BCUT2D eigenvalue weighted by Crippen LogP contribution is -2.29. The van der Waals surface area contributed by atoms with Crippen molar-refractivity contribution in [3.05, 3.63) is 35.4 Å². The van der Waals surface area contributed by atoms with Crippen molar-refractivity contribution in [3.8, 4) is 0 Å². The van der Waals surface area contributed by atoms with Crippen LogP contribution in [-0.2, 0) is 21.1 Å². The maximum Gasteiger partial charge on any atom is 0.244 e. The first-order chi connectivity index (χ1) is 10.1. The molecule has 0 unspecified atom stereocenters. The largest absolute Gasteiger partial charge is 0.273 e. The minimum atomic E-state index is -3.04. The van der Waals surface area contributed by atoms with Crippen molar-refractivity contribution in [1.29, 1.82) is 0 Å². The topological polar surface area (TPSA) is 75.6 Å². The van der Waals surface area contributed by atoms with Crippen LogP contribution in [0.15, 0.2) is 29.4 Å². The molecule has 1 aliphatic carbocycles. The number of fused-ring (bicyclic) bond motifs is 1. The highest BCUT2D eigenvalue weighted by molar-refractivity contribution is 7.91. The molecule has 1 fully saturated rings. The van der Waals surface area contributed by atoms with Crippen LogP contribution in [0.25, 0.3) is 0 Å². The van der Waals surface area contributed by atoms with Gasteiger partial charge >= 0.3 is 0 Å². The molecule has 1 atom stereocenters. The van der Waals surface area contributed by atoms with E-state index >= 15 is 0 Å². The molecule has 1 N–H and O–H groups in total. The molecular formula is C15H18N2O3S. The molecule has 0 bridgehead atoms. The van der Waals surface area contributed by atoms with Gasteiger partial charge < -0.3 is 0 Å². The molecule has 112 valence electrons. The summed E-state index contributed by atoms with van der Waals surface area (Å²) in [6, 6.07) is 8.06. The molecule has 0 aromatic heterocycles. The van der Waals surface area contributed by atoms with Gasteiger partial charge in [-0.05, 0) is 31.2 Å². The summed E-state index contributed by atoms with van der Waals surface area (Å²) in [4.78, 5) is 12.0. The summed E-state index contributed by atoms with van der Waals surface area (Å²) in [5, 5.41) is 4.24. The molecule has 0 radical (unpaired) electrons. The van der Waals surface area contributed by atoms with Gasteiger partial charge in [0.25, 0.3) is 0 Å². The number of sulfone groups is 1. The Morgan fingerprint density at radius 1 is 1.24 bits per heavy atom. The van der Waals surface area contributed by atoms with E-state index in [1.165, 1.54) is 5.56 Å². The number of rotatable bonds is 2. The molecule has 3 rings (SSSR count). The third-order valence-corrected chi connectivity index (χ3v) is 5.86. The van der Waals surface area contributed by atoms with Crippen LogP contribution < -0.4 is 5.43 Å². The zero-order chi connectivity index (χ0) is 14.9. The highest BCUT2D eigenvalue weighted by Crippen LogP contribution is 2.22. The van der Waals surface area contributed by atoms with Gasteiger partial charge in [-0.1, -0.05) is 24.3 Å². The van der Waals surface area contributed by atoms with Gasteiger partial charge in [0.15, 0.2) is 9.84 Å². The molecule has 1 amide bonds. The maximum atomic E-state index is 12.0. The van der Waals surface area contributed by atoms with Crippen LogP contribution in [0, 0.1) is 5.92 Å². The zero-order valence-corrected chi connectivity index (χ0v) is 12.5. The molecule has 1 aromatic rings. The summed E-state index contributed by atoms with van der Waals surface area (Å²) < 4.78 is 22.8. The molecule has 0 saturated carbocycles. The number of hydrazone groups is 1. The second kappa shape index (κ2) is 5.60. The zero-order valence-electron chi connectivity index (χ0n) is 11.7. The summed E-state index contributed by atoms with van der Waals surface area (Å²) >= 11 is 0. The number of hydrogen-bond acceptors (Lipinski definition) is 4. The molecule has 1 aromatic carbocycles. The minimum Gasteiger partial charge on any atom is -0.273 e. The molecule has 5 nitrogen and oxygen atoms in total. The van der Waals surface area contributed by atoms with Gasteiger partial charge in [-0.3, -0.25) is 4.79 Å². The third-order valence-electron chi connectivity index (χ3n) is 4.09. The van der Waals surface area contributed by atoms with E-state index in [2.05, 4.69) is 16.6 Å². The van der Waals surface area contributed by atoms with Crippen molar-refractivity contribution in [2.75, 3.05) is 11.5 Å². The summed E-state index contributed by atoms with van der Waals surface area (Å²) in [6.07, 6.45) is 3.28. The Bertz CT molecular complexity index is 695. The lowest BCUT2D eigenvalue weighted by atomic mass is 9.90. The molecule has 21 heavy (non-hydrogen) atoms. The van der Waals surface area contributed by atoms with Gasteiger partial charge in [-0.15, -0.1) is 0 Å². The van der Waals surface area contributed by atoms with Gasteiger partial charge in [0.2, 0.25) is 5.91 Å². The molecule has 6 heteroatoms. The predicted molar refractivity (Wildman–Crippen MR) is 80.8 cm³/mol. The lowest BCUT2D eigenvalue weighted by Gasteiger charge is -2.17. The first kappa shape index (κ1) is 14.3. The van der Waals surface area contributed by atoms with Gasteiger partial charge in [0, 0.05) is 5.56 Å². The maximum absolute atomic E-state index is 12.0. The van der Waals surface area contributed by atoms with Gasteiger partial charge in [0.05, 0.1) is 23.1 Å². The van der Waals surface area contributed by atoms with Crippen molar-refractivity contribution in [2.45, 2.75) is 25.7 Å². The lowest BCUT2D eigenvalue weighted by molar-refractivity contribution is -0.124. The monoisotopic (exact) mass is 306 g/mol. The average Bonchev–Trinajstić information content (AvgIpc) is 2.85. The Morgan fingerprint density at radius 3 is 2.81 bits per heavy atom. The average molecular weight is 306 g/mol. The summed E-state index contributed by atoms with van der Waals surface area (Å²) in [5.74, 6) is -0.699. The van der Waals surface area contributed by atoms with E-state index in [-0.39, 0.29) is 17.4 Å². The number of carbonyl (C=O) groups is 1. The molecule has 1 heterocycles. The quantitative estimate of drug-likeness (QED) is 0.836. The molecule has 2 aliphatic rings. The van der Waals surface area contributed by atoms with E-state index in [0.29, 0.717) is 6.42 Å². The standard InChI is InChI=1S/C15H18N2O3S/c18-15(12-8-9-21(19,20)10-12)17-16-14-7-3-5-11-4-1-2-6-13(11)14/h1-2,4,6,12H,3,5,7-10H2,(H,17,18)/t12-/m1/s1. The van der Waals surface area contributed by atoms with E-state index in [1.54, 1.807) is 0 Å². The van der Waals surface area contributed by atoms with Crippen LogP contribution in [0.3, 0.4) is 0 Å². The molecule has 0 spiro atoms. The summed E-state index contributed by atoms with van der Waals surface area (Å²) in [7, 11) is -3.04. The van der Waals surface area contributed by atoms with Crippen molar-refractivity contribution in [3.63, 3.8) is 0 Å². The predicted octanol–water partition coefficient (Wildman–Crippen LogP) is 1.28. The summed E-state index contributed by atoms with van der Waals surface area (Å²) in [6.45, 7) is 0. The van der Waals surface area contributed by atoms with Crippen LogP contribution in [0.4, 0.5) is 0 Å². The Morgan fingerprint density at radius 2 is 2.05 bits per heavy atom. The first-order valence-corrected chi connectivity index (χ1v) is 9.02. The SMILES string of the molecule is O=C(NN=C1CCCc2ccccc21)[C@@H]1CCS(=O)(=O)C1. The van der Waals surface area contributed by atoms with E-state index in [9.17, 15) is 13.2 Å². The van der Waals surface area contributed by atoms with E-state index in [0.717, 1.165) is 30.5 Å². The van der Waals surface area contributed by atoms with Crippen molar-refractivity contribution < 1.29 is 13.2 Å². The van der Waals surface area contributed by atoms with Crippen LogP contribution in [0.5, 0.6) is 0 Å². The third kappa shape index (κ3) is 3.15. The number of aryl methyl sites for hydroxylation is 1. The van der Waals surface area contributed by atoms with Crippen molar-refractivity contribution >= 4 is 21.5 Å². The number of carbonyl (C=O) groups excluding carboxylic acids is 1. The fraction of sp³-hybridized carbons (Fsp3) is 0.467. The normalized spacial score (nSPS) is 25.5. The number of nitrogens with zero attached hydrogens (tertiary/aromatic N) is 1. The second-order valence-corrected chi connectivity index (χ2v) is 7.87. The molecular weight excluding hydrogens is 288 g/mol. The smallest absolute Gasteiger partial charge is 0.244 e. The first-order valence-electron chi connectivity index (χ1n) is 7.20. The Balaban J connectivity index is 1.71. The van der Waals surface area contributed by atoms with Crippen LogP contribution in [0.1, 0.15) is 30.4 Å². The Hall–Kier alpha value is -1.69. The van der Waals surface area contributed by atoms with Gasteiger partial charge in [0.1, 0.15) is 0 Å². The number of hydrogen-bond donors (Lipinski definition) is 1. The highest BCUT2D eigenvalue weighted by Gasteiger charge is 2.33. The number of benzene rings is 1. The van der Waals surface area contributed by atoms with E-state index in [4.69, 9.17) is 0 Å². The molecule has 1 aliphatic heterocycles. The highest BCUT2D eigenvalue weighted by atomic mass is 32.2. The van der Waals surface area contributed by atoms with E-state index in [1.807, 2.05) is 18.2 Å². The minimum absolute atomic E-state index is 0.0553. The van der Waals surface area contributed by atoms with Gasteiger partial charge in [-0.2, -0.15) is 5.10 Å². The van der Waals surface area contributed by atoms with E-state index < -0.39 is 15.8 Å². The van der Waals surface area contributed by atoms with Crippen LogP contribution in [-0.4, -0.2) is 31.5 Å². The number of amides is 1. The fourth-order valence-electron chi connectivity index (χ4n) is 2.93. The second-order valence-electron chi connectivity index (χ2n) is 5.65. The van der Waals surface area contributed by atoms with Crippen LogP contribution >= 0.6 is 0 Å². The Labute approximate surface area is 124 Å². The summed E-state index contributed by atoms with van der Waals surface area (Å²) in [5.41, 5.74) is 5.77. The fourth-order valence-corrected chi connectivity index (χ4v) is 4.67. The van der Waals surface area contributed by atoms with Crippen molar-refractivity contribution in [2.24, 2.45) is 11.0 Å².